The lowest BCUT2D eigenvalue weighted by atomic mass is 9.80. The van der Waals surface area contributed by atoms with E-state index in [9.17, 15) is 4.79 Å². The number of hydrogen-bond acceptors (Lipinski definition) is 2. The van der Waals surface area contributed by atoms with E-state index in [0.29, 0.717) is 5.78 Å². The fraction of sp³-hybridized carbons (Fsp3) is 0.316. The third-order valence-electron chi connectivity index (χ3n) is 4.32. The number of benzene rings is 2. The Labute approximate surface area is 126 Å². The summed E-state index contributed by atoms with van der Waals surface area (Å²) in [5.74, 6) is 0.314. The Kier molecular flexibility index (Phi) is 3.89. The van der Waals surface area contributed by atoms with E-state index in [1.165, 1.54) is 5.56 Å². The number of carbonyl (C=O) groups is 1. The second-order valence-corrected chi connectivity index (χ2v) is 6.05. The summed E-state index contributed by atoms with van der Waals surface area (Å²) in [6.45, 7) is 3.70. The number of ketones is 1. The van der Waals surface area contributed by atoms with E-state index in [2.05, 4.69) is 49.2 Å². The van der Waals surface area contributed by atoms with Crippen LogP contribution in [0.4, 0.5) is 0 Å². The number of carbonyl (C=O) groups excluding carboxylic acids is 1. The molecule has 0 bridgehead atoms. The number of likely N-dealkylation sites (N-methyl/N-ethyl adjacent to an activating group) is 1. The van der Waals surface area contributed by atoms with Crippen molar-refractivity contribution in [1.82, 2.24) is 4.90 Å². The second kappa shape index (κ2) is 5.82. The van der Waals surface area contributed by atoms with Crippen LogP contribution in [0.25, 0.3) is 0 Å². The van der Waals surface area contributed by atoms with E-state index in [0.717, 1.165) is 24.2 Å². The van der Waals surface area contributed by atoms with Crippen LogP contribution >= 0.6 is 0 Å². The molecule has 1 saturated heterocycles. The van der Waals surface area contributed by atoms with Crippen molar-refractivity contribution in [3.63, 3.8) is 0 Å². The molecule has 2 aromatic carbocycles. The average Bonchev–Trinajstić information content (AvgIpc) is 2.50. The molecule has 1 fully saturated rings. The van der Waals surface area contributed by atoms with Crippen LogP contribution in [-0.4, -0.2) is 30.8 Å². The molecule has 0 saturated carbocycles. The third-order valence-corrected chi connectivity index (χ3v) is 4.32. The lowest BCUT2D eigenvalue weighted by Crippen LogP contribution is -2.42. The van der Waals surface area contributed by atoms with Crippen LogP contribution < -0.4 is 0 Å². The number of piperidine rings is 1. The molecule has 0 aliphatic carbocycles. The van der Waals surface area contributed by atoms with Gasteiger partial charge in [-0.1, -0.05) is 60.2 Å². The summed E-state index contributed by atoms with van der Waals surface area (Å²) >= 11 is 0. The summed E-state index contributed by atoms with van der Waals surface area (Å²) in [5, 5.41) is 0. The zero-order valence-corrected chi connectivity index (χ0v) is 12.6. The first-order valence-electron chi connectivity index (χ1n) is 7.49. The standard InChI is InChI=1S/C19H21NO/c1-14-7-6-10-16(11-14)18-13-20(2)12-17(19(18)21)15-8-4-3-5-9-15/h3-11,17-18H,12-13H2,1-2H3. The van der Waals surface area contributed by atoms with E-state index in [-0.39, 0.29) is 11.8 Å². The van der Waals surface area contributed by atoms with Gasteiger partial charge in [0.2, 0.25) is 0 Å². The number of Topliss-reactive ketones (excluding diaryl/α,β-unsaturated/α-hetero) is 1. The lowest BCUT2D eigenvalue weighted by molar-refractivity contribution is -0.124. The first kappa shape index (κ1) is 14.0. The van der Waals surface area contributed by atoms with Crippen molar-refractivity contribution in [2.24, 2.45) is 0 Å². The molecule has 1 aliphatic rings. The fourth-order valence-electron chi connectivity index (χ4n) is 3.23. The Bertz CT molecular complexity index is 635. The van der Waals surface area contributed by atoms with Gasteiger partial charge in [-0.25, -0.2) is 0 Å². The number of likely N-dealkylation sites (tertiary alicyclic amines) is 1. The summed E-state index contributed by atoms with van der Waals surface area (Å²) in [7, 11) is 2.10. The summed E-state index contributed by atoms with van der Waals surface area (Å²) < 4.78 is 0. The van der Waals surface area contributed by atoms with Crippen molar-refractivity contribution in [1.29, 1.82) is 0 Å². The fourth-order valence-corrected chi connectivity index (χ4v) is 3.23. The summed E-state index contributed by atoms with van der Waals surface area (Å²) in [4.78, 5) is 15.2. The van der Waals surface area contributed by atoms with E-state index < -0.39 is 0 Å². The molecule has 0 radical (unpaired) electrons. The van der Waals surface area contributed by atoms with Gasteiger partial charge >= 0.3 is 0 Å². The molecule has 2 nitrogen and oxygen atoms in total. The van der Waals surface area contributed by atoms with Crippen molar-refractivity contribution >= 4 is 5.78 Å². The van der Waals surface area contributed by atoms with Crippen molar-refractivity contribution in [2.75, 3.05) is 20.1 Å². The van der Waals surface area contributed by atoms with Crippen molar-refractivity contribution in [3.05, 3.63) is 71.3 Å². The van der Waals surface area contributed by atoms with E-state index in [1.54, 1.807) is 0 Å². The molecule has 0 aromatic heterocycles. The number of rotatable bonds is 2. The maximum absolute atomic E-state index is 13.0. The highest BCUT2D eigenvalue weighted by atomic mass is 16.1. The van der Waals surface area contributed by atoms with Crippen LogP contribution in [0.2, 0.25) is 0 Å². The van der Waals surface area contributed by atoms with E-state index >= 15 is 0 Å². The minimum absolute atomic E-state index is 0.0181. The van der Waals surface area contributed by atoms with Gasteiger partial charge < -0.3 is 4.90 Å². The van der Waals surface area contributed by atoms with Crippen molar-refractivity contribution in [2.45, 2.75) is 18.8 Å². The van der Waals surface area contributed by atoms with Crippen LogP contribution in [0.3, 0.4) is 0 Å². The summed E-state index contributed by atoms with van der Waals surface area (Å²) in [5.41, 5.74) is 3.49. The normalized spacial score (nSPS) is 23.2. The van der Waals surface area contributed by atoms with Crippen LogP contribution in [0.1, 0.15) is 28.5 Å². The van der Waals surface area contributed by atoms with Crippen molar-refractivity contribution < 1.29 is 4.79 Å². The van der Waals surface area contributed by atoms with Gasteiger partial charge in [-0.2, -0.15) is 0 Å². The van der Waals surface area contributed by atoms with Gasteiger partial charge in [-0.05, 0) is 25.1 Å². The predicted octanol–water partition coefficient (Wildman–Crippen LogP) is 3.38. The van der Waals surface area contributed by atoms with E-state index in [4.69, 9.17) is 0 Å². The van der Waals surface area contributed by atoms with Gasteiger partial charge in [0.1, 0.15) is 5.78 Å². The number of nitrogens with zero attached hydrogens (tertiary/aromatic N) is 1. The Morgan fingerprint density at radius 2 is 1.52 bits per heavy atom. The molecular weight excluding hydrogens is 258 g/mol. The molecule has 108 valence electrons. The highest BCUT2D eigenvalue weighted by Crippen LogP contribution is 2.32. The van der Waals surface area contributed by atoms with Gasteiger partial charge in [-0.3, -0.25) is 4.79 Å². The quantitative estimate of drug-likeness (QED) is 0.840. The first-order chi connectivity index (χ1) is 10.1. The van der Waals surface area contributed by atoms with Crippen LogP contribution in [0.5, 0.6) is 0 Å². The Morgan fingerprint density at radius 1 is 0.905 bits per heavy atom. The monoisotopic (exact) mass is 279 g/mol. The summed E-state index contributed by atoms with van der Waals surface area (Å²) in [6.07, 6.45) is 0. The largest absolute Gasteiger partial charge is 0.304 e. The topological polar surface area (TPSA) is 20.3 Å². The molecule has 2 unspecified atom stereocenters. The molecular formula is C19H21NO. The minimum atomic E-state index is -0.0196. The Hall–Kier alpha value is -1.93. The number of aryl methyl sites for hydroxylation is 1. The van der Waals surface area contributed by atoms with Gasteiger partial charge in [-0.15, -0.1) is 0 Å². The zero-order valence-electron chi connectivity index (χ0n) is 12.6. The lowest BCUT2D eigenvalue weighted by Gasteiger charge is -2.35. The average molecular weight is 279 g/mol. The van der Waals surface area contributed by atoms with Crippen LogP contribution in [0, 0.1) is 6.92 Å². The molecule has 2 heteroatoms. The van der Waals surface area contributed by atoms with Gasteiger partial charge in [0.15, 0.2) is 0 Å². The van der Waals surface area contributed by atoms with Crippen molar-refractivity contribution in [3.8, 4) is 0 Å². The molecule has 0 amide bonds. The maximum Gasteiger partial charge on any atom is 0.150 e. The van der Waals surface area contributed by atoms with E-state index in [1.807, 2.05) is 24.3 Å². The second-order valence-electron chi connectivity index (χ2n) is 6.05. The molecule has 2 atom stereocenters. The first-order valence-corrected chi connectivity index (χ1v) is 7.49. The highest BCUT2D eigenvalue weighted by Gasteiger charge is 2.35. The van der Waals surface area contributed by atoms with Gasteiger partial charge in [0.05, 0.1) is 11.8 Å². The van der Waals surface area contributed by atoms with Gasteiger partial charge in [0, 0.05) is 13.1 Å². The smallest absolute Gasteiger partial charge is 0.150 e. The third kappa shape index (κ3) is 2.91. The van der Waals surface area contributed by atoms with Gasteiger partial charge in [0.25, 0.3) is 0 Å². The van der Waals surface area contributed by atoms with Crippen LogP contribution in [0.15, 0.2) is 54.6 Å². The Morgan fingerprint density at radius 3 is 2.19 bits per heavy atom. The molecule has 0 N–H and O–H groups in total. The molecule has 2 aromatic rings. The molecule has 1 aliphatic heterocycles. The number of hydrogen-bond donors (Lipinski definition) is 0. The SMILES string of the molecule is Cc1cccc(C2CN(C)CC(c3ccccc3)C2=O)c1. The minimum Gasteiger partial charge on any atom is -0.304 e. The zero-order chi connectivity index (χ0) is 14.8. The molecule has 1 heterocycles. The summed E-state index contributed by atoms with van der Waals surface area (Å²) in [6, 6.07) is 18.5. The maximum atomic E-state index is 13.0. The van der Waals surface area contributed by atoms with Crippen LogP contribution in [-0.2, 0) is 4.79 Å². The molecule has 0 spiro atoms. The Balaban J connectivity index is 1.94. The highest BCUT2D eigenvalue weighted by molar-refractivity contribution is 5.93. The molecule has 3 rings (SSSR count). The predicted molar refractivity (Wildman–Crippen MR) is 85.6 cm³/mol. The molecule has 21 heavy (non-hydrogen) atoms.